The smallest absolute Gasteiger partial charge is 0.241 e. The molecule has 0 saturated carbocycles. The molecular formula is C23H29FN4O2. The Balaban J connectivity index is 1.59. The van der Waals surface area contributed by atoms with E-state index in [4.69, 9.17) is 0 Å². The van der Waals surface area contributed by atoms with E-state index in [2.05, 4.69) is 36.0 Å². The maximum atomic E-state index is 13.2. The molecule has 160 valence electrons. The minimum Gasteiger partial charge on any atom is -0.384 e. The van der Waals surface area contributed by atoms with Gasteiger partial charge in [-0.15, -0.1) is 0 Å². The minimum atomic E-state index is -0.932. The number of carbonyl (C=O) groups is 1. The van der Waals surface area contributed by atoms with E-state index >= 15 is 0 Å². The third kappa shape index (κ3) is 4.10. The van der Waals surface area contributed by atoms with Crippen LogP contribution in [-0.2, 0) is 10.2 Å². The molecule has 1 aromatic heterocycles. The Bertz CT molecular complexity index is 931. The second-order valence-corrected chi connectivity index (χ2v) is 9.04. The second-order valence-electron chi connectivity index (χ2n) is 9.04. The van der Waals surface area contributed by atoms with Crippen LogP contribution in [0, 0.1) is 5.82 Å². The van der Waals surface area contributed by atoms with Crippen molar-refractivity contribution in [2.75, 3.05) is 37.6 Å². The molecule has 30 heavy (non-hydrogen) atoms. The fourth-order valence-corrected chi connectivity index (χ4v) is 4.39. The van der Waals surface area contributed by atoms with Gasteiger partial charge in [0.15, 0.2) is 0 Å². The van der Waals surface area contributed by atoms with E-state index in [1.807, 2.05) is 6.07 Å². The SMILES string of the molecule is C[C@@H]1CN(CC(=O)N2CC(C)(C)c3ncc([C@@H](O)c4ccc(F)cc4)cc32)CCN1. The Morgan fingerprint density at radius 2 is 2.07 bits per heavy atom. The largest absolute Gasteiger partial charge is 0.384 e. The number of aromatic nitrogens is 1. The van der Waals surface area contributed by atoms with E-state index < -0.39 is 6.10 Å². The van der Waals surface area contributed by atoms with E-state index in [-0.39, 0.29) is 17.1 Å². The Morgan fingerprint density at radius 3 is 2.77 bits per heavy atom. The van der Waals surface area contributed by atoms with Gasteiger partial charge in [0.05, 0.1) is 17.9 Å². The molecule has 0 spiro atoms. The van der Waals surface area contributed by atoms with Gasteiger partial charge in [-0.3, -0.25) is 14.7 Å². The monoisotopic (exact) mass is 412 g/mol. The van der Waals surface area contributed by atoms with Crippen molar-refractivity contribution in [3.05, 3.63) is 59.2 Å². The quantitative estimate of drug-likeness (QED) is 0.806. The van der Waals surface area contributed by atoms with Gasteiger partial charge in [0.2, 0.25) is 5.91 Å². The summed E-state index contributed by atoms with van der Waals surface area (Å²) in [4.78, 5) is 21.8. The van der Waals surface area contributed by atoms with Gasteiger partial charge in [0, 0.05) is 49.4 Å². The predicted octanol–water partition coefficient (Wildman–Crippen LogP) is 2.22. The lowest BCUT2D eigenvalue weighted by molar-refractivity contribution is -0.120. The average Bonchev–Trinajstić information content (AvgIpc) is 2.99. The maximum Gasteiger partial charge on any atom is 0.241 e. The summed E-state index contributed by atoms with van der Waals surface area (Å²) < 4.78 is 13.2. The van der Waals surface area contributed by atoms with Gasteiger partial charge >= 0.3 is 0 Å². The summed E-state index contributed by atoms with van der Waals surface area (Å²) in [6.07, 6.45) is 0.721. The number of amides is 1. The molecule has 7 heteroatoms. The Labute approximate surface area is 176 Å². The summed E-state index contributed by atoms with van der Waals surface area (Å²) in [5, 5.41) is 14.2. The van der Waals surface area contributed by atoms with Gasteiger partial charge < -0.3 is 15.3 Å². The molecule has 2 atom stereocenters. The number of hydrogen-bond acceptors (Lipinski definition) is 5. The zero-order valence-electron chi connectivity index (χ0n) is 17.7. The van der Waals surface area contributed by atoms with Crippen LogP contribution in [0.15, 0.2) is 36.5 Å². The van der Waals surface area contributed by atoms with E-state index in [0.717, 1.165) is 31.0 Å². The summed E-state index contributed by atoms with van der Waals surface area (Å²) in [5.74, 6) is -0.301. The van der Waals surface area contributed by atoms with Crippen molar-refractivity contribution in [1.82, 2.24) is 15.2 Å². The van der Waals surface area contributed by atoms with Gasteiger partial charge in [-0.25, -0.2) is 4.39 Å². The lowest BCUT2D eigenvalue weighted by atomic mass is 9.90. The number of nitrogens with one attached hydrogen (secondary N) is 1. The highest BCUT2D eigenvalue weighted by atomic mass is 19.1. The Hall–Kier alpha value is -2.35. The Kier molecular flexibility index (Phi) is 5.61. The number of hydrogen-bond donors (Lipinski definition) is 2. The topological polar surface area (TPSA) is 68.7 Å². The molecule has 0 unspecified atom stereocenters. The van der Waals surface area contributed by atoms with Crippen molar-refractivity contribution in [2.24, 2.45) is 0 Å². The van der Waals surface area contributed by atoms with Crippen molar-refractivity contribution >= 4 is 11.6 Å². The van der Waals surface area contributed by atoms with E-state index in [0.29, 0.717) is 30.3 Å². The van der Waals surface area contributed by atoms with Crippen LogP contribution in [-0.4, -0.2) is 59.7 Å². The highest BCUT2D eigenvalue weighted by Gasteiger charge is 2.40. The lowest BCUT2D eigenvalue weighted by Crippen LogP contribution is -2.52. The third-order valence-electron chi connectivity index (χ3n) is 5.99. The van der Waals surface area contributed by atoms with Crippen molar-refractivity contribution in [1.29, 1.82) is 0 Å². The van der Waals surface area contributed by atoms with Gasteiger partial charge in [0.1, 0.15) is 11.9 Å². The molecule has 1 saturated heterocycles. The zero-order chi connectivity index (χ0) is 21.5. The fraction of sp³-hybridized carbons (Fsp3) is 0.478. The van der Waals surface area contributed by atoms with Gasteiger partial charge in [-0.1, -0.05) is 26.0 Å². The van der Waals surface area contributed by atoms with Crippen LogP contribution in [0.1, 0.15) is 43.7 Å². The molecule has 3 heterocycles. The predicted molar refractivity (Wildman–Crippen MR) is 114 cm³/mol. The number of rotatable bonds is 4. The van der Waals surface area contributed by atoms with E-state index in [9.17, 15) is 14.3 Å². The molecule has 2 N–H and O–H groups in total. The molecule has 0 bridgehead atoms. The summed E-state index contributed by atoms with van der Waals surface area (Å²) in [6.45, 7) is 9.78. The standard InChI is InChI=1S/C23H29FN4O2/c1-15-12-27(9-8-25-15)13-20(29)28-14-23(2,3)22-19(28)10-17(11-26-22)21(30)16-4-6-18(24)7-5-16/h4-7,10-11,15,21,25,30H,8-9,12-14H2,1-3H3/t15-,21+/m1/s1. The first kappa shape index (κ1) is 20.9. The summed E-state index contributed by atoms with van der Waals surface area (Å²) in [5.41, 5.74) is 2.53. The second kappa shape index (κ2) is 8.06. The van der Waals surface area contributed by atoms with Crippen LogP contribution in [0.4, 0.5) is 10.1 Å². The molecule has 2 aromatic rings. The van der Waals surface area contributed by atoms with Crippen molar-refractivity contribution in [2.45, 2.75) is 38.3 Å². The van der Waals surface area contributed by atoms with Crippen LogP contribution >= 0.6 is 0 Å². The first-order valence-electron chi connectivity index (χ1n) is 10.4. The number of carbonyl (C=O) groups excluding carboxylic acids is 1. The normalized spacial score (nSPS) is 22.0. The maximum absolute atomic E-state index is 13.2. The summed E-state index contributed by atoms with van der Waals surface area (Å²) in [7, 11) is 0. The number of halogens is 1. The third-order valence-corrected chi connectivity index (χ3v) is 5.99. The van der Waals surface area contributed by atoms with Crippen LogP contribution < -0.4 is 10.2 Å². The summed E-state index contributed by atoms with van der Waals surface area (Å²) >= 11 is 0. The van der Waals surface area contributed by atoms with Gasteiger partial charge in [-0.2, -0.15) is 0 Å². The first-order valence-corrected chi connectivity index (χ1v) is 10.4. The molecule has 1 fully saturated rings. The van der Waals surface area contributed by atoms with E-state index in [1.54, 1.807) is 23.2 Å². The molecule has 0 radical (unpaired) electrons. The molecular weight excluding hydrogens is 383 g/mol. The Morgan fingerprint density at radius 1 is 1.33 bits per heavy atom. The highest BCUT2D eigenvalue weighted by Crippen LogP contribution is 2.40. The van der Waals surface area contributed by atoms with Crippen LogP contribution in [0.25, 0.3) is 0 Å². The molecule has 0 aliphatic carbocycles. The first-order chi connectivity index (χ1) is 14.2. The molecule has 6 nitrogen and oxygen atoms in total. The van der Waals surface area contributed by atoms with E-state index in [1.165, 1.54) is 12.1 Å². The highest BCUT2D eigenvalue weighted by molar-refractivity contribution is 5.97. The molecule has 4 rings (SSSR count). The number of benzene rings is 1. The number of pyridine rings is 1. The molecule has 2 aliphatic heterocycles. The van der Waals surface area contributed by atoms with Crippen molar-refractivity contribution in [3.63, 3.8) is 0 Å². The molecule has 2 aliphatic rings. The number of aliphatic hydroxyl groups excluding tert-OH is 1. The zero-order valence-corrected chi connectivity index (χ0v) is 17.7. The number of piperazine rings is 1. The van der Waals surface area contributed by atoms with Crippen molar-refractivity contribution < 1.29 is 14.3 Å². The fourth-order valence-electron chi connectivity index (χ4n) is 4.39. The average molecular weight is 413 g/mol. The molecule has 1 amide bonds. The number of anilines is 1. The number of aliphatic hydroxyl groups is 1. The number of fused-ring (bicyclic) bond motifs is 1. The van der Waals surface area contributed by atoms with Crippen LogP contribution in [0.3, 0.4) is 0 Å². The van der Waals surface area contributed by atoms with Crippen LogP contribution in [0.5, 0.6) is 0 Å². The summed E-state index contributed by atoms with van der Waals surface area (Å²) in [6, 6.07) is 7.99. The van der Waals surface area contributed by atoms with Gasteiger partial charge in [-0.05, 0) is 30.7 Å². The molecule has 1 aromatic carbocycles. The van der Waals surface area contributed by atoms with Crippen molar-refractivity contribution in [3.8, 4) is 0 Å². The number of nitrogens with zero attached hydrogens (tertiary/aromatic N) is 3. The van der Waals surface area contributed by atoms with Crippen LogP contribution in [0.2, 0.25) is 0 Å². The lowest BCUT2D eigenvalue weighted by Gasteiger charge is -2.32. The minimum absolute atomic E-state index is 0.0474. The van der Waals surface area contributed by atoms with Gasteiger partial charge in [0.25, 0.3) is 0 Å².